The van der Waals surface area contributed by atoms with E-state index in [9.17, 15) is 0 Å². The normalized spacial score (nSPS) is 11.8. The molecule has 84 valence electrons. The molecule has 0 spiro atoms. The average molecular weight is 291 g/mol. The van der Waals surface area contributed by atoms with E-state index in [-0.39, 0.29) is 5.54 Å². The Labute approximate surface area is 105 Å². The summed E-state index contributed by atoms with van der Waals surface area (Å²) in [5.74, 6) is 0. The molecule has 0 aliphatic heterocycles. The fourth-order valence-electron chi connectivity index (χ4n) is 1.30. The van der Waals surface area contributed by atoms with E-state index in [0.717, 1.165) is 22.5 Å². The molecule has 0 radical (unpaired) electrons. The second-order valence-electron chi connectivity index (χ2n) is 4.66. The van der Waals surface area contributed by atoms with Gasteiger partial charge in [-0.05, 0) is 51.4 Å². The minimum absolute atomic E-state index is 0.168. The first-order valence-electron chi connectivity index (χ1n) is 5.07. The first-order valence-corrected chi connectivity index (χ1v) is 6.24. The van der Waals surface area contributed by atoms with Crippen molar-refractivity contribution in [2.45, 2.75) is 32.7 Å². The van der Waals surface area contributed by atoms with Crippen LogP contribution in [-0.4, -0.2) is 12.1 Å². The van der Waals surface area contributed by atoms with Gasteiger partial charge in [-0.3, -0.25) is 0 Å². The molecule has 3 heteroatoms. The molecule has 0 amide bonds. The molecule has 1 aromatic carbocycles. The van der Waals surface area contributed by atoms with Crippen molar-refractivity contribution in [2.24, 2.45) is 0 Å². The van der Waals surface area contributed by atoms with Crippen molar-refractivity contribution < 1.29 is 0 Å². The van der Waals surface area contributed by atoms with Gasteiger partial charge >= 0.3 is 0 Å². The molecule has 0 aromatic heterocycles. The van der Waals surface area contributed by atoms with Gasteiger partial charge < -0.3 is 5.32 Å². The van der Waals surface area contributed by atoms with Gasteiger partial charge in [-0.1, -0.05) is 33.6 Å². The fraction of sp³-hybridized carbons (Fsp3) is 0.500. The largest absolute Gasteiger partial charge is 0.312 e. The van der Waals surface area contributed by atoms with Gasteiger partial charge in [-0.2, -0.15) is 0 Å². The van der Waals surface area contributed by atoms with Crippen LogP contribution in [0.1, 0.15) is 26.3 Å². The Morgan fingerprint density at radius 1 is 1.33 bits per heavy atom. The first kappa shape index (κ1) is 13.0. The maximum absolute atomic E-state index is 6.12. The SMILES string of the molecule is CC(C)(C)NCCc1ccc(Br)cc1Cl. The minimum Gasteiger partial charge on any atom is -0.312 e. The number of nitrogens with one attached hydrogen (secondary N) is 1. The maximum atomic E-state index is 6.12. The van der Waals surface area contributed by atoms with E-state index in [2.05, 4.69) is 48.1 Å². The van der Waals surface area contributed by atoms with E-state index in [1.54, 1.807) is 0 Å². The molecular formula is C12H17BrClN. The van der Waals surface area contributed by atoms with Crippen molar-refractivity contribution in [1.29, 1.82) is 0 Å². The highest BCUT2D eigenvalue weighted by Crippen LogP contribution is 2.21. The Balaban J connectivity index is 2.51. The Kier molecular flexibility index (Phi) is 4.63. The lowest BCUT2D eigenvalue weighted by atomic mass is 10.1. The predicted octanol–water partition coefficient (Wildman–Crippen LogP) is 4.03. The molecule has 0 atom stereocenters. The summed E-state index contributed by atoms with van der Waals surface area (Å²) in [5, 5.41) is 4.28. The molecule has 1 N–H and O–H groups in total. The number of hydrogen-bond acceptors (Lipinski definition) is 1. The maximum Gasteiger partial charge on any atom is 0.0449 e. The van der Waals surface area contributed by atoms with Gasteiger partial charge in [-0.25, -0.2) is 0 Å². The lowest BCUT2D eigenvalue weighted by Crippen LogP contribution is -2.37. The summed E-state index contributed by atoms with van der Waals surface area (Å²) < 4.78 is 1.03. The van der Waals surface area contributed by atoms with E-state index in [4.69, 9.17) is 11.6 Å². The average Bonchev–Trinajstić information content (AvgIpc) is 2.07. The highest BCUT2D eigenvalue weighted by atomic mass is 79.9. The highest BCUT2D eigenvalue weighted by Gasteiger charge is 2.08. The van der Waals surface area contributed by atoms with E-state index in [1.807, 2.05) is 12.1 Å². The van der Waals surface area contributed by atoms with Gasteiger partial charge in [0.15, 0.2) is 0 Å². The summed E-state index contributed by atoms with van der Waals surface area (Å²) >= 11 is 9.52. The molecule has 0 fully saturated rings. The molecule has 1 nitrogen and oxygen atoms in total. The van der Waals surface area contributed by atoms with Crippen molar-refractivity contribution >= 4 is 27.5 Å². The lowest BCUT2D eigenvalue weighted by molar-refractivity contribution is 0.429. The third kappa shape index (κ3) is 5.01. The van der Waals surface area contributed by atoms with Crippen LogP contribution < -0.4 is 5.32 Å². The molecule has 0 unspecified atom stereocenters. The van der Waals surface area contributed by atoms with E-state index >= 15 is 0 Å². The summed E-state index contributed by atoms with van der Waals surface area (Å²) in [6.45, 7) is 7.44. The van der Waals surface area contributed by atoms with Crippen molar-refractivity contribution in [3.05, 3.63) is 33.3 Å². The van der Waals surface area contributed by atoms with Gasteiger partial charge in [0.2, 0.25) is 0 Å². The Morgan fingerprint density at radius 2 is 2.00 bits per heavy atom. The lowest BCUT2D eigenvalue weighted by Gasteiger charge is -2.20. The smallest absolute Gasteiger partial charge is 0.0449 e. The first-order chi connectivity index (χ1) is 6.88. The van der Waals surface area contributed by atoms with Crippen LogP contribution in [0, 0.1) is 0 Å². The van der Waals surface area contributed by atoms with Crippen LogP contribution in [-0.2, 0) is 6.42 Å². The zero-order valence-electron chi connectivity index (χ0n) is 9.40. The Hall–Kier alpha value is -0.0500. The van der Waals surface area contributed by atoms with Crippen LogP contribution in [0.15, 0.2) is 22.7 Å². The van der Waals surface area contributed by atoms with Gasteiger partial charge in [0.05, 0.1) is 0 Å². The number of rotatable bonds is 3. The van der Waals surface area contributed by atoms with Gasteiger partial charge in [0.25, 0.3) is 0 Å². The minimum atomic E-state index is 0.168. The number of halogens is 2. The van der Waals surface area contributed by atoms with E-state index in [1.165, 1.54) is 5.56 Å². The van der Waals surface area contributed by atoms with Crippen LogP contribution >= 0.6 is 27.5 Å². The molecule has 0 bridgehead atoms. The number of hydrogen-bond donors (Lipinski definition) is 1. The zero-order valence-corrected chi connectivity index (χ0v) is 11.7. The van der Waals surface area contributed by atoms with E-state index < -0.39 is 0 Å². The summed E-state index contributed by atoms with van der Waals surface area (Å²) in [5.41, 5.74) is 1.36. The summed E-state index contributed by atoms with van der Waals surface area (Å²) in [4.78, 5) is 0. The van der Waals surface area contributed by atoms with Gasteiger partial charge in [-0.15, -0.1) is 0 Å². The topological polar surface area (TPSA) is 12.0 Å². The summed E-state index contributed by atoms with van der Waals surface area (Å²) in [7, 11) is 0. The Morgan fingerprint density at radius 3 is 2.53 bits per heavy atom. The summed E-state index contributed by atoms with van der Waals surface area (Å²) in [6, 6.07) is 6.03. The quantitative estimate of drug-likeness (QED) is 0.886. The molecule has 0 aliphatic carbocycles. The fourth-order valence-corrected chi connectivity index (χ4v) is 2.06. The molecule has 0 aliphatic rings. The van der Waals surface area contributed by atoms with Crippen molar-refractivity contribution in [3.63, 3.8) is 0 Å². The summed E-state index contributed by atoms with van der Waals surface area (Å²) in [6.07, 6.45) is 0.962. The van der Waals surface area contributed by atoms with Crippen molar-refractivity contribution in [2.75, 3.05) is 6.54 Å². The molecule has 0 saturated heterocycles. The zero-order chi connectivity index (χ0) is 11.5. The second-order valence-corrected chi connectivity index (χ2v) is 5.99. The van der Waals surface area contributed by atoms with Crippen LogP contribution in [0.2, 0.25) is 5.02 Å². The monoisotopic (exact) mass is 289 g/mol. The third-order valence-electron chi connectivity index (χ3n) is 2.06. The van der Waals surface area contributed by atoms with E-state index in [0.29, 0.717) is 0 Å². The van der Waals surface area contributed by atoms with Gasteiger partial charge in [0, 0.05) is 15.0 Å². The molecular weight excluding hydrogens is 273 g/mol. The van der Waals surface area contributed by atoms with Crippen molar-refractivity contribution in [3.8, 4) is 0 Å². The van der Waals surface area contributed by atoms with Crippen LogP contribution in [0.4, 0.5) is 0 Å². The molecule has 0 saturated carbocycles. The molecule has 1 aromatic rings. The second kappa shape index (κ2) is 5.33. The number of benzene rings is 1. The highest BCUT2D eigenvalue weighted by molar-refractivity contribution is 9.10. The standard InChI is InChI=1S/C12H17BrClN/c1-12(2,3)15-7-6-9-4-5-10(13)8-11(9)14/h4-5,8,15H,6-7H2,1-3H3. The van der Waals surface area contributed by atoms with Crippen LogP contribution in [0.5, 0.6) is 0 Å². The molecule has 1 rings (SSSR count). The predicted molar refractivity (Wildman–Crippen MR) is 70.6 cm³/mol. The molecule has 15 heavy (non-hydrogen) atoms. The van der Waals surface area contributed by atoms with Gasteiger partial charge in [0.1, 0.15) is 0 Å². The van der Waals surface area contributed by atoms with Crippen LogP contribution in [0.25, 0.3) is 0 Å². The molecule has 0 heterocycles. The van der Waals surface area contributed by atoms with Crippen LogP contribution in [0.3, 0.4) is 0 Å². The van der Waals surface area contributed by atoms with Crippen molar-refractivity contribution in [1.82, 2.24) is 5.32 Å². The third-order valence-corrected chi connectivity index (χ3v) is 2.91. The Bertz CT molecular complexity index is 331.